The molecule has 0 spiro atoms. The Morgan fingerprint density at radius 2 is 0.792 bits per heavy atom. The lowest BCUT2D eigenvalue weighted by molar-refractivity contribution is 0.454. The Morgan fingerprint density at radius 1 is 0.453 bits per heavy atom. The molecule has 0 N–H and O–H groups in total. The van der Waals surface area contributed by atoms with E-state index in [1.54, 1.807) is 0 Å². The van der Waals surface area contributed by atoms with Crippen molar-refractivity contribution in [3.8, 4) is 23.0 Å². The van der Waals surface area contributed by atoms with Gasteiger partial charge in [0, 0.05) is 30.8 Å². The molecule has 0 saturated carbocycles. The lowest BCUT2D eigenvalue weighted by Gasteiger charge is -2.51. The van der Waals surface area contributed by atoms with E-state index in [1.807, 2.05) is 0 Å². The maximum absolute atomic E-state index is 17.5. The predicted octanol–water partition coefficient (Wildman–Crippen LogP) is 12.9. The van der Waals surface area contributed by atoms with Gasteiger partial charge in [-0.25, -0.2) is 0 Å². The van der Waals surface area contributed by atoms with Crippen LogP contribution in [-0.2, 0) is 21.7 Å². The average molecular weight is 720 g/mol. The highest BCUT2D eigenvalue weighted by Crippen LogP contribution is 2.65. The largest absolute Gasteiger partial charge is 0.616 e. The molecule has 6 aromatic rings. The molecule has 3 heterocycles. The summed E-state index contributed by atoms with van der Waals surface area (Å²) in [6.45, 7) is 26.9. The molecule has 270 valence electrons. The van der Waals surface area contributed by atoms with Crippen LogP contribution in [0.5, 0.6) is 23.0 Å². The Morgan fingerprint density at radius 3 is 1.15 bits per heavy atom. The van der Waals surface area contributed by atoms with Crippen molar-refractivity contribution in [3.63, 3.8) is 0 Å². The molecular formula is C48H50NO3P. The van der Waals surface area contributed by atoms with Crippen LogP contribution in [0.1, 0.15) is 105 Å². The van der Waals surface area contributed by atoms with E-state index in [4.69, 9.17) is 9.47 Å². The van der Waals surface area contributed by atoms with Crippen molar-refractivity contribution in [1.29, 1.82) is 0 Å². The van der Waals surface area contributed by atoms with Gasteiger partial charge in [-0.2, -0.15) is 0 Å². The van der Waals surface area contributed by atoms with E-state index in [2.05, 4.69) is 168 Å². The first-order valence-corrected chi connectivity index (χ1v) is 20.3. The van der Waals surface area contributed by atoms with Gasteiger partial charge in [0.25, 0.3) is 0 Å². The van der Waals surface area contributed by atoms with Crippen LogP contribution in [0.3, 0.4) is 0 Å². The first-order valence-electron chi connectivity index (χ1n) is 19.0. The number of hydrogen-bond acceptors (Lipinski definition) is 3. The summed E-state index contributed by atoms with van der Waals surface area (Å²) in [6, 6.07) is 30.4. The molecule has 0 aromatic heterocycles. The minimum atomic E-state index is -1.17. The standard InChI is InChI=1S/C48H50NO3P/c1-45(2,3)27-21-34-42-36(23-27)51-38-25-29(47(7,8)9)26-39-44(38)53(42)43-35(22-28(46(4,5)6)24-37(43)52-39)49(34,50)41-32-19-15-13-17-30(32)40(48(10,11)12)31-18-14-16-20-33(31)41/h13-26H,1-12H3. The molecule has 0 fully saturated rings. The third-order valence-corrected chi connectivity index (χ3v) is 14.2. The Hall–Kier alpha value is -4.21. The molecule has 0 aliphatic carbocycles. The molecule has 0 radical (unpaired) electrons. The van der Waals surface area contributed by atoms with Crippen molar-refractivity contribution < 1.29 is 9.47 Å². The number of hydrogen-bond donors (Lipinski definition) is 0. The summed E-state index contributed by atoms with van der Waals surface area (Å²) in [6.07, 6.45) is 0. The summed E-state index contributed by atoms with van der Waals surface area (Å²) >= 11 is 0. The molecule has 9 rings (SSSR count). The molecule has 3 aliphatic rings. The lowest BCUT2D eigenvalue weighted by Crippen LogP contribution is -2.48. The van der Waals surface area contributed by atoms with Crippen LogP contribution >= 0.6 is 7.92 Å². The highest BCUT2D eigenvalue weighted by atomic mass is 31.1. The number of ether oxygens (including phenoxy) is 2. The molecule has 0 unspecified atom stereocenters. The normalized spacial score (nSPS) is 18.8. The Balaban J connectivity index is 1.51. The summed E-state index contributed by atoms with van der Waals surface area (Å²) < 4.78 is 13.4. The zero-order valence-electron chi connectivity index (χ0n) is 33.2. The first kappa shape index (κ1) is 34.6. The monoisotopic (exact) mass is 719 g/mol. The van der Waals surface area contributed by atoms with Crippen LogP contribution in [-0.4, -0.2) is 0 Å². The summed E-state index contributed by atoms with van der Waals surface area (Å²) in [5, 5.41) is 24.7. The number of rotatable bonds is 1. The molecular weight excluding hydrogens is 670 g/mol. The van der Waals surface area contributed by atoms with Crippen molar-refractivity contribution in [2.24, 2.45) is 0 Å². The van der Waals surface area contributed by atoms with Crippen LogP contribution in [0, 0.1) is 5.21 Å². The van der Waals surface area contributed by atoms with Gasteiger partial charge in [-0.3, -0.25) is 4.65 Å². The smallest absolute Gasteiger partial charge is 0.158 e. The van der Waals surface area contributed by atoms with Crippen LogP contribution in [0.15, 0.2) is 84.9 Å². The highest BCUT2D eigenvalue weighted by Gasteiger charge is 2.53. The minimum absolute atomic E-state index is 0.113. The molecule has 4 nitrogen and oxygen atoms in total. The van der Waals surface area contributed by atoms with Gasteiger partial charge in [-0.15, -0.1) is 0 Å². The fourth-order valence-electron chi connectivity index (χ4n) is 8.72. The van der Waals surface area contributed by atoms with Crippen LogP contribution < -0.4 is 30.0 Å². The summed E-state index contributed by atoms with van der Waals surface area (Å²) in [5.74, 6) is 3.27. The Bertz CT molecular complexity index is 2420. The molecule has 6 aromatic carbocycles. The van der Waals surface area contributed by atoms with E-state index in [9.17, 15) is 0 Å². The van der Waals surface area contributed by atoms with Crippen LogP contribution in [0.25, 0.3) is 21.5 Å². The van der Waals surface area contributed by atoms with Crippen molar-refractivity contribution in [2.45, 2.75) is 105 Å². The number of benzene rings is 6. The van der Waals surface area contributed by atoms with Gasteiger partial charge in [0.2, 0.25) is 0 Å². The van der Waals surface area contributed by atoms with Gasteiger partial charge >= 0.3 is 0 Å². The molecule has 0 atom stereocenters. The second kappa shape index (κ2) is 10.7. The number of fused-ring (bicyclic) bond motifs is 2. The molecule has 53 heavy (non-hydrogen) atoms. The maximum atomic E-state index is 17.5. The first-order chi connectivity index (χ1) is 24.7. The van der Waals surface area contributed by atoms with Crippen molar-refractivity contribution >= 4 is 62.4 Å². The SMILES string of the molecule is CC(C)(C)c1cc2c3c(c1)Oc1cc(C(C)(C)C)cc4c1P3c1c(cc(C(C)(C)C)cc1[N+]4([O-])c1c3ccccc3c(C(C)(C)C)c3ccccc13)O2. The van der Waals surface area contributed by atoms with Crippen LogP contribution in [0.2, 0.25) is 0 Å². The Labute approximate surface area is 315 Å². The van der Waals surface area contributed by atoms with E-state index < -0.39 is 12.6 Å². The van der Waals surface area contributed by atoms with E-state index in [1.165, 1.54) is 5.56 Å². The van der Waals surface area contributed by atoms with Gasteiger partial charge in [-0.1, -0.05) is 119 Å². The molecule has 0 bridgehead atoms. The quantitative estimate of drug-likeness (QED) is 0.0734. The van der Waals surface area contributed by atoms with Crippen LogP contribution in [0.4, 0.5) is 17.1 Å². The highest BCUT2D eigenvalue weighted by molar-refractivity contribution is 7.81. The van der Waals surface area contributed by atoms with E-state index in [0.29, 0.717) is 0 Å². The van der Waals surface area contributed by atoms with Gasteiger partial charge in [0.05, 0.1) is 15.9 Å². The van der Waals surface area contributed by atoms with E-state index in [0.717, 1.165) is 94.2 Å². The second-order valence-corrected chi connectivity index (χ2v) is 21.5. The average Bonchev–Trinajstić information content (AvgIpc) is 3.06. The summed E-state index contributed by atoms with van der Waals surface area (Å²) in [4.78, 5) is 0. The molecule has 0 saturated heterocycles. The molecule has 0 amide bonds. The third kappa shape index (κ3) is 4.85. The number of nitrogens with zero attached hydrogens (tertiary/aromatic N) is 1. The molecule has 5 heteroatoms. The number of quaternary nitrogens is 1. The maximum Gasteiger partial charge on any atom is 0.158 e. The fraction of sp³-hybridized carbons (Fsp3) is 0.333. The Kier molecular flexibility index (Phi) is 6.99. The fourth-order valence-corrected chi connectivity index (χ4v) is 11.6. The zero-order chi connectivity index (χ0) is 37.8. The van der Waals surface area contributed by atoms with Crippen molar-refractivity contribution in [3.05, 3.63) is 112 Å². The zero-order valence-corrected chi connectivity index (χ0v) is 34.1. The predicted molar refractivity (Wildman–Crippen MR) is 226 cm³/mol. The topological polar surface area (TPSA) is 41.5 Å². The second-order valence-electron chi connectivity index (χ2n) is 19.5. The third-order valence-electron chi connectivity index (χ3n) is 11.5. The lowest BCUT2D eigenvalue weighted by atomic mass is 9.79. The van der Waals surface area contributed by atoms with Gasteiger partial charge in [0.1, 0.15) is 23.0 Å². The summed E-state index contributed by atoms with van der Waals surface area (Å²) in [5.41, 5.74) is 6.09. The minimum Gasteiger partial charge on any atom is -0.616 e. The van der Waals surface area contributed by atoms with Crippen molar-refractivity contribution in [1.82, 2.24) is 4.65 Å². The molecule has 3 aliphatic heterocycles. The van der Waals surface area contributed by atoms with E-state index >= 15 is 5.21 Å². The van der Waals surface area contributed by atoms with Gasteiger partial charge < -0.3 is 14.7 Å². The van der Waals surface area contributed by atoms with Crippen molar-refractivity contribution in [2.75, 3.05) is 0 Å². The summed E-state index contributed by atoms with van der Waals surface area (Å²) in [7, 11) is -1.17. The van der Waals surface area contributed by atoms with E-state index in [-0.39, 0.29) is 21.7 Å². The van der Waals surface area contributed by atoms with Gasteiger partial charge in [0.15, 0.2) is 17.1 Å². The van der Waals surface area contributed by atoms with Gasteiger partial charge in [-0.05, 0) is 91.1 Å².